The maximum Gasteiger partial charge on any atom is 0.0142 e. The highest BCUT2D eigenvalue weighted by molar-refractivity contribution is 5.22. The smallest absolute Gasteiger partial charge is 0.0142 e. The van der Waals surface area contributed by atoms with Crippen LogP contribution in [0.15, 0.2) is 60.8 Å². The molecule has 0 aromatic heterocycles. The fourth-order valence-corrected chi connectivity index (χ4v) is 1.09. The van der Waals surface area contributed by atoms with E-state index in [1.54, 1.807) is 6.08 Å². The Bertz CT molecular complexity index is 343. The minimum Gasteiger partial charge on any atom is -0.0988 e. The highest BCUT2D eigenvalue weighted by atomic mass is 14.0. The van der Waals surface area contributed by atoms with Gasteiger partial charge in [-0.3, -0.25) is 0 Å². The summed E-state index contributed by atoms with van der Waals surface area (Å²) in [6.07, 6.45) is 20.9. The summed E-state index contributed by atoms with van der Waals surface area (Å²) < 4.78 is 0. The fourth-order valence-electron chi connectivity index (χ4n) is 1.09. The molecule has 0 nitrogen and oxygen atoms in total. The van der Waals surface area contributed by atoms with E-state index in [2.05, 4.69) is 37.0 Å². The quantitative estimate of drug-likeness (QED) is 0.472. The van der Waals surface area contributed by atoms with Crippen molar-refractivity contribution in [3.63, 3.8) is 0 Å². The second-order valence-electron chi connectivity index (χ2n) is 3.33. The van der Waals surface area contributed by atoms with Crippen LogP contribution in [0, 0.1) is 24.7 Å². The third-order valence-corrected chi connectivity index (χ3v) is 1.90. The molecule has 0 aliphatic rings. The van der Waals surface area contributed by atoms with E-state index in [-0.39, 0.29) is 5.92 Å². The number of hydrogen-bond donors (Lipinski definition) is 0. The van der Waals surface area contributed by atoms with Gasteiger partial charge >= 0.3 is 0 Å². The maximum atomic E-state index is 3.64. The molecule has 0 N–H and O–H groups in total. The van der Waals surface area contributed by atoms with Crippen LogP contribution in [0.25, 0.3) is 0 Å². The molecule has 0 saturated carbocycles. The predicted molar refractivity (Wildman–Crippen MR) is 78.3 cm³/mol. The second kappa shape index (κ2) is 12.3. The largest absolute Gasteiger partial charge is 0.0988 e. The standard InChI is InChI=1S/C17H21/c1-4-7-10-13-16-17(14-11-8-5-2)15-12-9-6-3/h5-6,8-9,11-17H,2,4H2,1,3H3. The molecular formula is C17H21. The first-order valence-electron chi connectivity index (χ1n) is 5.92. The molecule has 1 unspecified atom stereocenters. The van der Waals surface area contributed by atoms with Gasteiger partial charge < -0.3 is 0 Å². The van der Waals surface area contributed by atoms with Gasteiger partial charge in [0, 0.05) is 12.3 Å². The van der Waals surface area contributed by atoms with Crippen LogP contribution in [0.4, 0.5) is 0 Å². The average molecular weight is 225 g/mol. The normalized spacial score (nSPS) is 14.3. The molecule has 0 heteroatoms. The van der Waals surface area contributed by atoms with Crippen LogP contribution in [0.2, 0.25) is 0 Å². The minimum absolute atomic E-state index is 0.272. The molecule has 0 aromatic carbocycles. The molecule has 17 heavy (non-hydrogen) atoms. The highest BCUT2D eigenvalue weighted by Gasteiger charge is 1.90. The van der Waals surface area contributed by atoms with Crippen LogP contribution < -0.4 is 0 Å². The number of hydrogen-bond acceptors (Lipinski definition) is 0. The molecular weight excluding hydrogens is 204 g/mol. The van der Waals surface area contributed by atoms with Crippen molar-refractivity contribution in [3.05, 3.63) is 67.7 Å². The lowest BCUT2D eigenvalue weighted by Crippen LogP contribution is -1.84. The van der Waals surface area contributed by atoms with Crippen molar-refractivity contribution in [2.24, 2.45) is 5.92 Å². The summed E-state index contributed by atoms with van der Waals surface area (Å²) in [5.41, 5.74) is 0. The molecule has 0 aliphatic heterocycles. The van der Waals surface area contributed by atoms with Gasteiger partial charge in [0.15, 0.2) is 0 Å². The topological polar surface area (TPSA) is 0 Å². The maximum absolute atomic E-state index is 3.64. The third kappa shape index (κ3) is 10.5. The summed E-state index contributed by atoms with van der Waals surface area (Å²) in [6.45, 7) is 7.69. The van der Waals surface area contributed by atoms with Crippen molar-refractivity contribution in [2.45, 2.75) is 20.3 Å². The Morgan fingerprint density at radius 1 is 1.06 bits per heavy atom. The Morgan fingerprint density at radius 2 is 1.76 bits per heavy atom. The fraction of sp³-hybridized carbons (Fsp3) is 0.235. The van der Waals surface area contributed by atoms with E-state index < -0.39 is 0 Å². The molecule has 0 amide bonds. The van der Waals surface area contributed by atoms with E-state index in [1.807, 2.05) is 50.3 Å². The zero-order valence-electron chi connectivity index (χ0n) is 10.8. The Balaban J connectivity index is 4.54. The van der Waals surface area contributed by atoms with E-state index in [0.717, 1.165) is 6.42 Å². The third-order valence-electron chi connectivity index (χ3n) is 1.90. The lowest BCUT2D eigenvalue weighted by atomic mass is 10.1. The lowest BCUT2D eigenvalue weighted by molar-refractivity contribution is 1.07. The first-order valence-corrected chi connectivity index (χ1v) is 5.92. The first-order chi connectivity index (χ1) is 8.35. The Labute approximate surface area is 106 Å². The minimum atomic E-state index is 0.272. The molecule has 0 aliphatic carbocycles. The molecule has 0 saturated heterocycles. The Kier molecular flexibility index (Phi) is 11.1. The van der Waals surface area contributed by atoms with E-state index in [4.69, 9.17) is 0 Å². The molecule has 0 bridgehead atoms. The zero-order valence-corrected chi connectivity index (χ0v) is 10.8. The van der Waals surface area contributed by atoms with Crippen LogP contribution in [-0.2, 0) is 0 Å². The zero-order chi connectivity index (χ0) is 12.8. The highest BCUT2D eigenvalue weighted by Crippen LogP contribution is 2.04. The van der Waals surface area contributed by atoms with Crippen molar-refractivity contribution < 1.29 is 0 Å². The monoisotopic (exact) mass is 225 g/mol. The Morgan fingerprint density at radius 3 is 2.35 bits per heavy atom. The first kappa shape index (κ1) is 15.3. The van der Waals surface area contributed by atoms with Crippen molar-refractivity contribution in [2.75, 3.05) is 0 Å². The van der Waals surface area contributed by atoms with Gasteiger partial charge in [-0.15, -0.1) is 0 Å². The van der Waals surface area contributed by atoms with E-state index in [1.165, 1.54) is 0 Å². The molecule has 0 aromatic rings. The SMILES string of the molecule is [CH2]C=CC=CC(C=CC#CCC)C=CC=CC. The van der Waals surface area contributed by atoms with Gasteiger partial charge in [0.05, 0.1) is 0 Å². The van der Waals surface area contributed by atoms with Crippen molar-refractivity contribution in [3.8, 4) is 11.8 Å². The summed E-state index contributed by atoms with van der Waals surface area (Å²) in [5, 5.41) is 0. The van der Waals surface area contributed by atoms with Gasteiger partial charge in [0.2, 0.25) is 0 Å². The van der Waals surface area contributed by atoms with Gasteiger partial charge in [0.25, 0.3) is 0 Å². The van der Waals surface area contributed by atoms with Crippen LogP contribution in [0.5, 0.6) is 0 Å². The van der Waals surface area contributed by atoms with Gasteiger partial charge in [-0.25, -0.2) is 0 Å². The van der Waals surface area contributed by atoms with Gasteiger partial charge in [-0.05, 0) is 19.9 Å². The van der Waals surface area contributed by atoms with Crippen LogP contribution in [0.1, 0.15) is 20.3 Å². The van der Waals surface area contributed by atoms with Gasteiger partial charge in [-0.2, -0.15) is 0 Å². The molecule has 1 radical (unpaired) electrons. The summed E-state index contributed by atoms with van der Waals surface area (Å²) in [7, 11) is 0. The van der Waals surface area contributed by atoms with E-state index in [0.29, 0.717) is 0 Å². The molecule has 0 rings (SSSR count). The van der Waals surface area contributed by atoms with Gasteiger partial charge in [0.1, 0.15) is 0 Å². The van der Waals surface area contributed by atoms with Crippen molar-refractivity contribution in [1.82, 2.24) is 0 Å². The molecule has 0 heterocycles. The average Bonchev–Trinajstić information content (AvgIpc) is 2.34. The Hall–Kier alpha value is -1.74. The van der Waals surface area contributed by atoms with Gasteiger partial charge in [-0.1, -0.05) is 73.4 Å². The second-order valence-corrected chi connectivity index (χ2v) is 3.33. The predicted octanol–water partition coefficient (Wildman–Crippen LogP) is 4.65. The molecule has 0 spiro atoms. The number of allylic oxidation sites excluding steroid dienone is 10. The summed E-state index contributed by atoms with van der Waals surface area (Å²) >= 11 is 0. The summed E-state index contributed by atoms with van der Waals surface area (Å²) in [6, 6.07) is 0. The van der Waals surface area contributed by atoms with E-state index >= 15 is 0 Å². The summed E-state index contributed by atoms with van der Waals surface area (Å²) in [4.78, 5) is 0. The van der Waals surface area contributed by atoms with Crippen LogP contribution in [-0.4, -0.2) is 0 Å². The van der Waals surface area contributed by atoms with Crippen LogP contribution >= 0.6 is 0 Å². The lowest BCUT2D eigenvalue weighted by Gasteiger charge is -1.97. The van der Waals surface area contributed by atoms with Crippen LogP contribution in [0.3, 0.4) is 0 Å². The molecule has 1 atom stereocenters. The van der Waals surface area contributed by atoms with E-state index in [9.17, 15) is 0 Å². The molecule has 0 fully saturated rings. The number of rotatable bonds is 5. The summed E-state index contributed by atoms with van der Waals surface area (Å²) in [5.74, 6) is 6.29. The molecule has 89 valence electrons. The van der Waals surface area contributed by atoms with Crippen molar-refractivity contribution >= 4 is 0 Å². The van der Waals surface area contributed by atoms with Crippen molar-refractivity contribution in [1.29, 1.82) is 0 Å².